The van der Waals surface area contributed by atoms with E-state index >= 15 is 0 Å². The number of piperazine rings is 1. The first-order chi connectivity index (χ1) is 13.0. The molecule has 0 aliphatic carbocycles. The molecule has 0 saturated carbocycles. The summed E-state index contributed by atoms with van der Waals surface area (Å²) in [4.78, 5) is 9.10. The van der Waals surface area contributed by atoms with Crippen molar-refractivity contribution in [3.63, 3.8) is 0 Å². The molecule has 1 fully saturated rings. The molecule has 0 atom stereocenters. The van der Waals surface area contributed by atoms with Gasteiger partial charge in [0, 0.05) is 32.2 Å². The molecule has 0 radical (unpaired) electrons. The normalized spacial score (nSPS) is 16.4. The van der Waals surface area contributed by atoms with Gasteiger partial charge in [-0.1, -0.05) is 23.2 Å². The number of rotatable bonds is 3. The van der Waals surface area contributed by atoms with Gasteiger partial charge in [0.25, 0.3) is 0 Å². The Morgan fingerprint density at radius 3 is 2.25 bits per heavy atom. The number of hydrogen-bond donors (Lipinski definition) is 1. The van der Waals surface area contributed by atoms with Crippen LogP contribution in [0.15, 0.2) is 29.2 Å². The maximum absolute atomic E-state index is 13.0. The van der Waals surface area contributed by atoms with Crippen molar-refractivity contribution in [3.8, 4) is 0 Å². The SMILES string of the molecule is Nc1nc(Cl)cc(N2CCN(S(=O)(=O)c3ccc(Cl)c(C(F)(F)F)c3)CC2)n1. The summed E-state index contributed by atoms with van der Waals surface area (Å²) in [6, 6.07) is 4.04. The van der Waals surface area contributed by atoms with Gasteiger partial charge in [-0.25, -0.2) is 13.4 Å². The van der Waals surface area contributed by atoms with E-state index in [1.807, 2.05) is 0 Å². The molecule has 1 aromatic heterocycles. The number of nitrogen functional groups attached to an aromatic ring is 1. The summed E-state index contributed by atoms with van der Waals surface area (Å²) in [5, 5.41) is -0.409. The second-order valence-electron chi connectivity index (χ2n) is 5.94. The first-order valence-electron chi connectivity index (χ1n) is 7.90. The van der Waals surface area contributed by atoms with Crippen molar-refractivity contribution in [1.82, 2.24) is 14.3 Å². The second kappa shape index (κ2) is 7.54. The van der Waals surface area contributed by atoms with Crippen molar-refractivity contribution >= 4 is 45.0 Å². The van der Waals surface area contributed by atoms with Gasteiger partial charge in [0.05, 0.1) is 15.5 Å². The van der Waals surface area contributed by atoms with Crippen LogP contribution in [0, 0.1) is 0 Å². The molecule has 7 nitrogen and oxygen atoms in total. The minimum Gasteiger partial charge on any atom is -0.368 e. The Morgan fingerprint density at radius 2 is 1.68 bits per heavy atom. The Bertz CT molecular complexity index is 975. The van der Waals surface area contributed by atoms with Crippen molar-refractivity contribution in [3.05, 3.63) is 40.0 Å². The minimum atomic E-state index is -4.76. The number of benzene rings is 1. The number of anilines is 2. The van der Waals surface area contributed by atoms with E-state index in [4.69, 9.17) is 28.9 Å². The monoisotopic (exact) mass is 455 g/mol. The van der Waals surface area contributed by atoms with Crippen LogP contribution in [0.2, 0.25) is 10.2 Å². The summed E-state index contributed by atoms with van der Waals surface area (Å²) in [6.45, 7) is 0.610. The fourth-order valence-corrected chi connectivity index (χ4v) is 4.63. The molecule has 152 valence electrons. The third-order valence-electron chi connectivity index (χ3n) is 4.14. The number of alkyl halides is 3. The number of nitrogens with zero attached hydrogens (tertiary/aromatic N) is 4. The van der Waals surface area contributed by atoms with E-state index in [1.165, 1.54) is 6.07 Å². The van der Waals surface area contributed by atoms with Crippen LogP contribution >= 0.6 is 23.2 Å². The molecule has 1 aliphatic rings. The van der Waals surface area contributed by atoms with Crippen molar-refractivity contribution in [2.75, 3.05) is 36.8 Å². The molecule has 2 heterocycles. The molecular formula is C15H14Cl2F3N5O2S. The highest BCUT2D eigenvalue weighted by molar-refractivity contribution is 7.89. The minimum absolute atomic E-state index is 0.0154. The van der Waals surface area contributed by atoms with E-state index in [-0.39, 0.29) is 37.3 Å². The third kappa shape index (κ3) is 4.27. The molecule has 0 amide bonds. The average Bonchev–Trinajstić information content (AvgIpc) is 2.60. The van der Waals surface area contributed by atoms with Gasteiger partial charge in [0.1, 0.15) is 11.0 Å². The topological polar surface area (TPSA) is 92.4 Å². The molecule has 1 aromatic carbocycles. The maximum atomic E-state index is 13.0. The van der Waals surface area contributed by atoms with Crippen LogP contribution in [0.5, 0.6) is 0 Å². The zero-order valence-electron chi connectivity index (χ0n) is 14.1. The highest BCUT2D eigenvalue weighted by Gasteiger charge is 2.36. The molecule has 1 aliphatic heterocycles. The van der Waals surface area contributed by atoms with Crippen LogP contribution in [-0.2, 0) is 16.2 Å². The van der Waals surface area contributed by atoms with Crippen LogP contribution in [0.1, 0.15) is 5.56 Å². The van der Waals surface area contributed by atoms with Crippen LogP contribution in [0.25, 0.3) is 0 Å². The zero-order valence-corrected chi connectivity index (χ0v) is 16.4. The summed E-state index contributed by atoms with van der Waals surface area (Å²) in [6.07, 6.45) is -4.76. The quantitative estimate of drug-likeness (QED) is 0.715. The predicted octanol–water partition coefficient (Wildman–Crippen LogP) is 2.90. The van der Waals surface area contributed by atoms with E-state index < -0.39 is 31.7 Å². The smallest absolute Gasteiger partial charge is 0.368 e. The Balaban J connectivity index is 1.80. The van der Waals surface area contributed by atoms with Gasteiger partial charge in [-0.2, -0.15) is 22.5 Å². The fraction of sp³-hybridized carbons (Fsp3) is 0.333. The Kier molecular flexibility index (Phi) is 5.63. The average molecular weight is 456 g/mol. The van der Waals surface area contributed by atoms with Gasteiger partial charge in [-0.15, -0.1) is 0 Å². The van der Waals surface area contributed by atoms with E-state index in [2.05, 4.69) is 9.97 Å². The van der Waals surface area contributed by atoms with Crippen molar-refractivity contribution in [2.45, 2.75) is 11.1 Å². The Labute approximate surface area is 168 Å². The number of sulfonamides is 1. The van der Waals surface area contributed by atoms with Gasteiger partial charge in [0.2, 0.25) is 16.0 Å². The van der Waals surface area contributed by atoms with Gasteiger partial charge in [-0.05, 0) is 18.2 Å². The highest BCUT2D eigenvalue weighted by atomic mass is 35.5. The second-order valence-corrected chi connectivity index (χ2v) is 8.67. The van der Waals surface area contributed by atoms with E-state index in [0.29, 0.717) is 11.9 Å². The number of hydrogen-bond acceptors (Lipinski definition) is 6. The first-order valence-corrected chi connectivity index (χ1v) is 10.1. The number of aromatic nitrogens is 2. The lowest BCUT2D eigenvalue weighted by Crippen LogP contribution is -2.49. The Hall–Kier alpha value is -1.82. The van der Waals surface area contributed by atoms with E-state index in [0.717, 1.165) is 16.4 Å². The fourth-order valence-electron chi connectivity index (χ4n) is 2.77. The van der Waals surface area contributed by atoms with Crippen LogP contribution in [-0.4, -0.2) is 48.9 Å². The Morgan fingerprint density at radius 1 is 1.04 bits per heavy atom. The van der Waals surface area contributed by atoms with E-state index in [1.54, 1.807) is 4.90 Å². The van der Waals surface area contributed by atoms with Crippen molar-refractivity contribution in [1.29, 1.82) is 0 Å². The lowest BCUT2D eigenvalue weighted by Gasteiger charge is -2.34. The molecule has 2 aromatic rings. The molecule has 3 rings (SSSR count). The molecule has 0 bridgehead atoms. The molecular weight excluding hydrogens is 442 g/mol. The molecule has 0 unspecified atom stereocenters. The summed E-state index contributed by atoms with van der Waals surface area (Å²) >= 11 is 11.4. The summed E-state index contributed by atoms with van der Waals surface area (Å²) in [5.74, 6) is 0.429. The number of nitrogens with two attached hydrogens (primary N) is 1. The van der Waals surface area contributed by atoms with Gasteiger partial charge in [-0.3, -0.25) is 0 Å². The number of halogens is 5. The lowest BCUT2D eigenvalue weighted by molar-refractivity contribution is -0.137. The predicted molar refractivity (Wildman–Crippen MR) is 98.9 cm³/mol. The third-order valence-corrected chi connectivity index (χ3v) is 6.56. The van der Waals surface area contributed by atoms with Crippen molar-refractivity contribution < 1.29 is 21.6 Å². The lowest BCUT2D eigenvalue weighted by atomic mass is 10.2. The molecule has 13 heteroatoms. The molecule has 0 spiro atoms. The highest BCUT2D eigenvalue weighted by Crippen LogP contribution is 2.36. The zero-order chi connectivity index (χ0) is 20.7. The molecule has 1 saturated heterocycles. The molecule has 28 heavy (non-hydrogen) atoms. The van der Waals surface area contributed by atoms with E-state index in [9.17, 15) is 21.6 Å². The molecule has 2 N–H and O–H groups in total. The van der Waals surface area contributed by atoms with Crippen molar-refractivity contribution in [2.24, 2.45) is 0 Å². The summed E-state index contributed by atoms with van der Waals surface area (Å²) in [7, 11) is -4.12. The largest absolute Gasteiger partial charge is 0.417 e. The first kappa shape index (κ1) is 20.9. The maximum Gasteiger partial charge on any atom is 0.417 e. The van der Waals surface area contributed by atoms with Crippen LogP contribution in [0.3, 0.4) is 0 Å². The van der Waals surface area contributed by atoms with Crippen LogP contribution in [0.4, 0.5) is 24.9 Å². The van der Waals surface area contributed by atoms with Gasteiger partial charge >= 0.3 is 6.18 Å². The summed E-state index contributed by atoms with van der Waals surface area (Å²) < 4.78 is 65.7. The standard InChI is InChI=1S/C15H14Cl2F3N5O2S/c16-11-2-1-9(7-10(11)15(18,19)20)28(26,27)25-5-3-24(4-6-25)13-8-12(17)22-14(21)23-13/h1-2,7-8H,3-6H2,(H2,21,22,23). The summed E-state index contributed by atoms with van der Waals surface area (Å²) in [5.41, 5.74) is 4.36. The van der Waals surface area contributed by atoms with Gasteiger partial charge < -0.3 is 10.6 Å². The van der Waals surface area contributed by atoms with Crippen LogP contribution < -0.4 is 10.6 Å². The van der Waals surface area contributed by atoms with Gasteiger partial charge in [0.15, 0.2) is 0 Å².